The number of fused-ring (bicyclic) bond motifs is 1. The molecule has 1 saturated heterocycles. The van der Waals surface area contributed by atoms with Crippen molar-refractivity contribution in [2.75, 3.05) is 4.90 Å². The largest absolute Gasteiger partial charge is 0.274 e. The van der Waals surface area contributed by atoms with Gasteiger partial charge in [0.25, 0.3) is 0 Å². The molecular formula is C15H15Cl2NO2. The first-order valence-corrected chi connectivity index (χ1v) is 7.57. The predicted octanol–water partition coefficient (Wildman–Crippen LogP) is 3.92. The number of benzene rings is 1. The molecule has 1 aromatic carbocycles. The van der Waals surface area contributed by atoms with Gasteiger partial charge in [-0.1, -0.05) is 30.1 Å². The van der Waals surface area contributed by atoms with Crippen molar-refractivity contribution in [3.05, 3.63) is 28.2 Å². The monoisotopic (exact) mass is 311 g/mol. The zero-order chi connectivity index (χ0) is 14.4. The van der Waals surface area contributed by atoms with Crippen molar-refractivity contribution >= 4 is 40.7 Å². The van der Waals surface area contributed by atoms with Crippen molar-refractivity contribution in [3.63, 3.8) is 0 Å². The average molecular weight is 312 g/mol. The van der Waals surface area contributed by atoms with Crippen molar-refractivity contribution in [1.29, 1.82) is 0 Å². The zero-order valence-corrected chi connectivity index (χ0v) is 12.6. The third-order valence-electron chi connectivity index (χ3n) is 4.29. The molecule has 0 bridgehead atoms. The Morgan fingerprint density at radius 1 is 1.00 bits per heavy atom. The molecule has 0 radical (unpaired) electrons. The smallest absolute Gasteiger partial charge is 0.237 e. The van der Waals surface area contributed by atoms with Gasteiger partial charge in [0, 0.05) is 10.0 Å². The number of nitrogens with zero attached hydrogens (tertiary/aromatic N) is 1. The highest BCUT2D eigenvalue weighted by molar-refractivity contribution is 6.35. The second kappa shape index (κ2) is 5.05. The molecule has 1 saturated carbocycles. The van der Waals surface area contributed by atoms with E-state index in [0.29, 0.717) is 21.7 Å². The fraction of sp³-hybridized carbons (Fsp3) is 0.467. The number of amides is 2. The van der Waals surface area contributed by atoms with Gasteiger partial charge in [-0.3, -0.25) is 9.59 Å². The van der Waals surface area contributed by atoms with Gasteiger partial charge in [-0.05, 0) is 43.4 Å². The van der Waals surface area contributed by atoms with Crippen LogP contribution >= 0.6 is 23.2 Å². The number of anilines is 1. The van der Waals surface area contributed by atoms with Gasteiger partial charge in [0.15, 0.2) is 0 Å². The van der Waals surface area contributed by atoms with Gasteiger partial charge in [-0.15, -0.1) is 0 Å². The van der Waals surface area contributed by atoms with Gasteiger partial charge in [-0.25, -0.2) is 4.90 Å². The molecule has 1 aliphatic heterocycles. The van der Waals surface area contributed by atoms with Crippen LogP contribution in [0, 0.1) is 17.8 Å². The number of imide groups is 1. The Kier molecular flexibility index (Phi) is 3.51. The second-order valence-electron chi connectivity index (χ2n) is 5.77. The average Bonchev–Trinajstić information content (AvgIpc) is 2.60. The maximum atomic E-state index is 12.5. The molecule has 3 atom stereocenters. The first-order chi connectivity index (χ1) is 9.47. The van der Waals surface area contributed by atoms with Crippen LogP contribution in [0.1, 0.15) is 26.2 Å². The highest BCUT2D eigenvalue weighted by Crippen LogP contribution is 2.42. The van der Waals surface area contributed by atoms with Gasteiger partial charge in [-0.2, -0.15) is 0 Å². The van der Waals surface area contributed by atoms with E-state index >= 15 is 0 Å². The summed E-state index contributed by atoms with van der Waals surface area (Å²) in [6.07, 6.45) is 2.59. The molecule has 0 aromatic heterocycles. The Bertz CT molecular complexity index is 567. The molecule has 106 valence electrons. The molecule has 5 heteroatoms. The topological polar surface area (TPSA) is 37.4 Å². The molecule has 1 heterocycles. The minimum absolute atomic E-state index is 0.106. The number of halogens is 2. The van der Waals surface area contributed by atoms with Crippen LogP contribution < -0.4 is 4.90 Å². The van der Waals surface area contributed by atoms with Crippen LogP contribution in [-0.4, -0.2) is 11.8 Å². The van der Waals surface area contributed by atoms with Crippen molar-refractivity contribution in [2.45, 2.75) is 26.2 Å². The Hall–Kier alpha value is -1.06. The van der Waals surface area contributed by atoms with Crippen LogP contribution in [-0.2, 0) is 9.59 Å². The highest BCUT2D eigenvalue weighted by atomic mass is 35.5. The van der Waals surface area contributed by atoms with E-state index in [1.54, 1.807) is 18.2 Å². The summed E-state index contributed by atoms with van der Waals surface area (Å²) in [5, 5.41) is 0.854. The molecule has 0 unspecified atom stereocenters. The molecule has 20 heavy (non-hydrogen) atoms. The Morgan fingerprint density at radius 3 is 2.25 bits per heavy atom. The summed E-state index contributed by atoms with van der Waals surface area (Å²) in [6.45, 7) is 2.13. The quantitative estimate of drug-likeness (QED) is 0.737. The molecule has 1 aromatic rings. The normalized spacial score (nSPS) is 29.8. The van der Waals surface area contributed by atoms with E-state index in [1.807, 2.05) is 0 Å². The lowest BCUT2D eigenvalue weighted by Crippen LogP contribution is -2.30. The maximum absolute atomic E-state index is 12.5. The summed E-state index contributed by atoms with van der Waals surface area (Å²) >= 11 is 11.9. The fourth-order valence-corrected chi connectivity index (χ4v) is 3.83. The van der Waals surface area contributed by atoms with Gasteiger partial charge < -0.3 is 0 Å². The van der Waals surface area contributed by atoms with E-state index < -0.39 is 0 Å². The molecular weight excluding hydrogens is 297 g/mol. The number of carbonyl (C=O) groups is 2. The number of carbonyl (C=O) groups excluding carboxylic acids is 2. The minimum Gasteiger partial charge on any atom is -0.274 e. The Morgan fingerprint density at radius 2 is 1.60 bits per heavy atom. The number of hydrogen-bond acceptors (Lipinski definition) is 2. The van der Waals surface area contributed by atoms with Crippen molar-refractivity contribution in [3.8, 4) is 0 Å². The summed E-state index contributed by atoms with van der Waals surface area (Å²) in [6, 6.07) is 4.82. The lowest BCUT2D eigenvalue weighted by molar-refractivity contribution is -0.122. The minimum atomic E-state index is -0.177. The van der Waals surface area contributed by atoms with Gasteiger partial charge >= 0.3 is 0 Å². The lowest BCUT2D eigenvalue weighted by Gasteiger charge is -2.25. The van der Waals surface area contributed by atoms with Crippen LogP contribution in [0.2, 0.25) is 10.0 Å². The van der Waals surface area contributed by atoms with E-state index in [1.165, 1.54) is 4.90 Å². The highest BCUT2D eigenvalue weighted by Gasteiger charge is 2.50. The van der Waals surface area contributed by atoms with Crippen LogP contribution in [0.15, 0.2) is 18.2 Å². The predicted molar refractivity (Wildman–Crippen MR) is 79.0 cm³/mol. The first kappa shape index (κ1) is 13.9. The van der Waals surface area contributed by atoms with Gasteiger partial charge in [0.1, 0.15) is 0 Å². The summed E-state index contributed by atoms with van der Waals surface area (Å²) in [5.41, 5.74) is 0.486. The van der Waals surface area contributed by atoms with E-state index in [2.05, 4.69) is 6.92 Å². The first-order valence-electron chi connectivity index (χ1n) is 6.81. The molecule has 0 N–H and O–H groups in total. The Balaban J connectivity index is 1.98. The van der Waals surface area contributed by atoms with Gasteiger partial charge in [0.2, 0.25) is 11.8 Å². The van der Waals surface area contributed by atoms with E-state index in [0.717, 1.165) is 19.3 Å². The zero-order valence-electron chi connectivity index (χ0n) is 11.1. The SMILES string of the molecule is C[C@H]1CC[C@H]2C(=O)N(c3cc(Cl)cc(Cl)c3)C(=O)[C@@H]2C1. The summed E-state index contributed by atoms with van der Waals surface area (Å²) in [5.74, 6) is -0.0634. The van der Waals surface area contributed by atoms with Gasteiger partial charge in [0.05, 0.1) is 17.5 Å². The third kappa shape index (κ3) is 2.23. The van der Waals surface area contributed by atoms with E-state index in [-0.39, 0.29) is 23.7 Å². The summed E-state index contributed by atoms with van der Waals surface area (Å²) in [7, 11) is 0. The van der Waals surface area contributed by atoms with Crippen molar-refractivity contribution < 1.29 is 9.59 Å². The van der Waals surface area contributed by atoms with E-state index in [4.69, 9.17) is 23.2 Å². The van der Waals surface area contributed by atoms with Crippen molar-refractivity contribution in [2.24, 2.45) is 17.8 Å². The Labute approximate surface area is 127 Å². The number of rotatable bonds is 1. The molecule has 3 nitrogen and oxygen atoms in total. The van der Waals surface area contributed by atoms with Crippen LogP contribution in [0.4, 0.5) is 5.69 Å². The van der Waals surface area contributed by atoms with Crippen LogP contribution in [0.5, 0.6) is 0 Å². The molecule has 2 amide bonds. The third-order valence-corrected chi connectivity index (χ3v) is 4.73. The molecule has 2 fully saturated rings. The molecule has 3 rings (SSSR count). The second-order valence-corrected chi connectivity index (χ2v) is 6.64. The molecule has 0 spiro atoms. The lowest BCUT2D eigenvalue weighted by atomic mass is 9.76. The molecule has 1 aliphatic carbocycles. The maximum Gasteiger partial charge on any atom is 0.237 e. The van der Waals surface area contributed by atoms with Crippen LogP contribution in [0.3, 0.4) is 0 Å². The summed E-state index contributed by atoms with van der Waals surface area (Å²) < 4.78 is 0. The molecule has 2 aliphatic rings. The summed E-state index contributed by atoms with van der Waals surface area (Å²) in [4.78, 5) is 26.3. The fourth-order valence-electron chi connectivity index (χ4n) is 3.31. The standard InChI is InChI=1S/C15H15Cl2NO2/c1-8-2-3-12-13(4-8)15(20)18(14(12)19)11-6-9(16)5-10(17)7-11/h5-8,12-13H,2-4H2,1H3/t8-,12+,13+/m0/s1. The van der Waals surface area contributed by atoms with Crippen LogP contribution in [0.25, 0.3) is 0 Å². The number of hydrogen-bond donors (Lipinski definition) is 0. The van der Waals surface area contributed by atoms with E-state index in [9.17, 15) is 9.59 Å². The van der Waals surface area contributed by atoms with Crippen molar-refractivity contribution in [1.82, 2.24) is 0 Å².